The summed E-state index contributed by atoms with van der Waals surface area (Å²) in [5.41, 5.74) is 2.97. The molecule has 170 valence electrons. The van der Waals surface area contributed by atoms with E-state index in [0.29, 0.717) is 24.4 Å². The largest absolute Gasteiger partial charge is 0.424 e. The van der Waals surface area contributed by atoms with Crippen molar-refractivity contribution in [2.75, 3.05) is 11.9 Å². The van der Waals surface area contributed by atoms with Gasteiger partial charge in [0, 0.05) is 30.4 Å². The van der Waals surface area contributed by atoms with Crippen LogP contribution in [0.15, 0.2) is 79.3 Å². The summed E-state index contributed by atoms with van der Waals surface area (Å²) in [5.74, 6) is -0.329. The van der Waals surface area contributed by atoms with Gasteiger partial charge in [0.15, 0.2) is 0 Å². The van der Waals surface area contributed by atoms with E-state index < -0.39 is 6.04 Å². The zero-order valence-electron chi connectivity index (χ0n) is 17.9. The highest BCUT2D eigenvalue weighted by Crippen LogP contribution is 2.34. The molecule has 7 nitrogen and oxygen atoms in total. The van der Waals surface area contributed by atoms with Crippen molar-refractivity contribution in [3.05, 3.63) is 108 Å². The highest BCUT2D eigenvalue weighted by Gasteiger charge is 2.32. The van der Waals surface area contributed by atoms with E-state index in [0.717, 1.165) is 16.8 Å². The van der Waals surface area contributed by atoms with Gasteiger partial charge in [0.25, 0.3) is 0 Å². The van der Waals surface area contributed by atoms with E-state index in [-0.39, 0.29) is 23.7 Å². The van der Waals surface area contributed by atoms with Crippen LogP contribution < -0.4 is 10.1 Å². The number of rotatable bonds is 4. The van der Waals surface area contributed by atoms with E-state index in [1.165, 1.54) is 48.8 Å². The van der Waals surface area contributed by atoms with Crippen molar-refractivity contribution < 1.29 is 18.3 Å². The number of pyridine rings is 1. The van der Waals surface area contributed by atoms with Crippen LogP contribution in [0.1, 0.15) is 22.9 Å². The summed E-state index contributed by atoms with van der Waals surface area (Å²) in [6.07, 6.45) is 5.18. The maximum Gasteiger partial charge on any atom is 0.322 e. The summed E-state index contributed by atoms with van der Waals surface area (Å²) in [6.45, 7) is 0.435. The second-order valence-electron chi connectivity index (χ2n) is 7.68. The molecule has 2 aromatic heterocycles. The molecule has 9 heteroatoms. The first-order chi connectivity index (χ1) is 16.6. The third-order valence-corrected chi connectivity index (χ3v) is 5.47. The summed E-state index contributed by atoms with van der Waals surface area (Å²) in [5, 5.41) is 2.81. The van der Waals surface area contributed by atoms with Crippen molar-refractivity contribution in [3.8, 4) is 11.8 Å². The maximum atomic E-state index is 13.5. The lowest BCUT2D eigenvalue weighted by Crippen LogP contribution is -2.43. The normalized spacial score (nSPS) is 14.9. The SMILES string of the molecule is O=C(Nc1cnc(Oc2ccc(F)cc2)nc1)N1CCc2ncccc2[C@H]1c1ccc(F)cc1. The number of anilines is 1. The number of nitrogens with zero attached hydrogens (tertiary/aromatic N) is 4. The Morgan fingerprint density at radius 2 is 1.62 bits per heavy atom. The summed E-state index contributed by atoms with van der Waals surface area (Å²) in [4.78, 5) is 27.6. The molecule has 1 atom stereocenters. The molecule has 3 heterocycles. The van der Waals surface area contributed by atoms with Gasteiger partial charge in [0.05, 0.1) is 24.1 Å². The molecule has 1 aliphatic heterocycles. The number of carbonyl (C=O) groups excluding carboxylic acids is 1. The average Bonchev–Trinajstić information content (AvgIpc) is 2.86. The second-order valence-corrected chi connectivity index (χ2v) is 7.68. The molecule has 2 aromatic carbocycles. The number of carbonyl (C=O) groups is 1. The van der Waals surface area contributed by atoms with Crippen LogP contribution in [0, 0.1) is 11.6 Å². The van der Waals surface area contributed by atoms with E-state index in [9.17, 15) is 13.6 Å². The first-order valence-corrected chi connectivity index (χ1v) is 10.6. The second kappa shape index (κ2) is 9.22. The number of hydrogen-bond acceptors (Lipinski definition) is 5. The molecule has 0 aliphatic carbocycles. The smallest absolute Gasteiger partial charge is 0.322 e. The number of aromatic nitrogens is 3. The minimum Gasteiger partial charge on any atom is -0.424 e. The first kappa shape index (κ1) is 21.4. The number of hydrogen-bond donors (Lipinski definition) is 1. The minimum atomic E-state index is -0.417. The fourth-order valence-electron chi connectivity index (χ4n) is 3.89. The van der Waals surface area contributed by atoms with Crippen LogP contribution in [-0.2, 0) is 6.42 Å². The van der Waals surface area contributed by atoms with Crippen LogP contribution in [0.3, 0.4) is 0 Å². The molecule has 0 bridgehead atoms. The van der Waals surface area contributed by atoms with Gasteiger partial charge < -0.3 is 15.0 Å². The van der Waals surface area contributed by atoms with E-state index in [2.05, 4.69) is 20.3 Å². The van der Waals surface area contributed by atoms with Crippen molar-refractivity contribution in [2.24, 2.45) is 0 Å². The van der Waals surface area contributed by atoms with Crippen LogP contribution >= 0.6 is 0 Å². The van der Waals surface area contributed by atoms with Gasteiger partial charge in [-0.25, -0.2) is 23.5 Å². The minimum absolute atomic E-state index is 0.0618. The molecule has 1 N–H and O–H groups in total. The molecule has 2 amide bonds. The highest BCUT2D eigenvalue weighted by atomic mass is 19.1. The van der Waals surface area contributed by atoms with E-state index >= 15 is 0 Å². The van der Waals surface area contributed by atoms with Crippen LogP contribution in [0.4, 0.5) is 19.3 Å². The Morgan fingerprint density at radius 1 is 0.941 bits per heavy atom. The van der Waals surface area contributed by atoms with Crippen molar-refractivity contribution in [1.29, 1.82) is 0 Å². The molecule has 34 heavy (non-hydrogen) atoms. The molecule has 0 saturated heterocycles. The fraction of sp³-hybridized carbons (Fsp3) is 0.120. The van der Waals surface area contributed by atoms with Gasteiger partial charge in [-0.1, -0.05) is 18.2 Å². The zero-order chi connectivity index (χ0) is 23.5. The van der Waals surface area contributed by atoms with Crippen LogP contribution in [-0.4, -0.2) is 32.4 Å². The molecule has 1 aliphatic rings. The maximum absolute atomic E-state index is 13.5. The third-order valence-electron chi connectivity index (χ3n) is 5.47. The third kappa shape index (κ3) is 4.54. The number of benzene rings is 2. The van der Waals surface area contributed by atoms with Gasteiger partial charge in [-0.3, -0.25) is 4.98 Å². The molecule has 0 spiro atoms. The summed E-state index contributed by atoms with van der Waals surface area (Å²) in [7, 11) is 0. The summed E-state index contributed by atoms with van der Waals surface area (Å²) < 4.78 is 32.1. The van der Waals surface area contributed by atoms with Gasteiger partial charge in [0.2, 0.25) is 0 Å². The van der Waals surface area contributed by atoms with Gasteiger partial charge in [0.1, 0.15) is 17.4 Å². The molecule has 4 aromatic rings. The van der Waals surface area contributed by atoms with Crippen molar-refractivity contribution in [3.63, 3.8) is 0 Å². The Kier molecular flexibility index (Phi) is 5.82. The van der Waals surface area contributed by atoms with E-state index in [1.807, 2.05) is 12.1 Å². The number of ether oxygens (including phenoxy) is 1. The van der Waals surface area contributed by atoms with Crippen molar-refractivity contribution in [1.82, 2.24) is 19.9 Å². The van der Waals surface area contributed by atoms with Gasteiger partial charge >= 0.3 is 12.0 Å². The monoisotopic (exact) mass is 459 g/mol. The Hall–Kier alpha value is -4.40. The number of fused-ring (bicyclic) bond motifs is 1. The molecule has 0 saturated carbocycles. The number of amides is 2. The van der Waals surface area contributed by atoms with E-state index in [4.69, 9.17) is 4.74 Å². The Bertz CT molecular complexity index is 1300. The lowest BCUT2D eigenvalue weighted by molar-refractivity contribution is 0.193. The number of halogens is 2. The van der Waals surface area contributed by atoms with Crippen molar-refractivity contribution >= 4 is 11.7 Å². The summed E-state index contributed by atoms with van der Waals surface area (Å²) in [6, 6.07) is 14.6. The van der Waals surface area contributed by atoms with Crippen LogP contribution in [0.2, 0.25) is 0 Å². The van der Waals surface area contributed by atoms with E-state index in [1.54, 1.807) is 23.2 Å². The zero-order valence-corrected chi connectivity index (χ0v) is 17.9. The molecule has 0 unspecified atom stereocenters. The molecular weight excluding hydrogens is 440 g/mol. The molecule has 0 radical (unpaired) electrons. The van der Waals surface area contributed by atoms with Crippen LogP contribution in [0.5, 0.6) is 11.8 Å². The molecule has 0 fully saturated rings. The van der Waals surface area contributed by atoms with Gasteiger partial charge in [-0.2, -0.15) is 0 Å². The van der Waals surface area contributed by atoms with Crippen LogP contribution in [0.25, 0.3) is 0 Å². The predicted molar refractivity (Wildman–Crippen MR) is 120 cm³/mol. The van der Waals surface area contributed by atoms with Gasteiger partial charge in [-0.15, -0.1) is 0 Å². The quantitative estimate of drug-likeness (QED) is 0.458. The van der Waals surface area contributed by atoms with Gasteiger partial charge in [-0.05, 0) is 48.0 Å². The van der Waals surface area contributed by atoms with Crippen molar-refractivity contribution in [2.45, 2.75) is 12.5 Å². The predicted octanol–water partition coefficient (Wildman–Crippen LogP) is 5.12. The Morgan fingerprint density at radius 3 is 2.32 bits per heavy atom. The topological polar surface area (TPSA) is 80.2 Å². The highest BCUT2D eigenvalue weighted by molar-refractivity contribution is 5.89. The fourth-order valence-corrected chi connectivity index (χ4v) is 3.89. The Labute approximate surface area is 194 Å². The number of urea groups is 1. The lowest BCUT2D eigenvalue weighted by atomic mass is 9.91. The number of nitrogens with one attached hydrogen (secondary N) is 1. The lowest BCUT2D eigenvalue weighted by Gasteiger charge is -2.37. The first-order valence-electron chi connectivity index (χ1n) is 10.6. The molecule has 5 rings (SSSR count). The summed E-state index contributed by atoms with van der Waals surface area (Å²) >= 11 is 0. The average molecular weight is 459 g/mol. The molecular formula is C25H19F2N5O2. The standard InChI is InChI=1S/C25H19F2N5O2/c26-17-5-3-16(4-6-17)23-21-2-1-12-28-22(21)11-13-32(23)25(33)31-19-14-29-24(30-15-19)34-20-9-7-18(27)8-10-20/h1-10,12,14-15,23H,11,13H2,(H,31,33)/t23-/m1/s1. The Balaban J connectivity index is 1.34.